The molecule has 4 aliphatic rings. The summed E-state index contributed by atoms with van der Waals surface area (Å²) in [6.07, 6.45) is 4.23. The Morgan fingerprint density at radius 3 is 2.52 bits per heavy atom. The molecule has 0 unspecified atom stereocenters. The number of aliphatic hydroxyl groups is 1. The minimum atomic E-state index is -1.06. The Labute approximate surface area is 243 Å². The average Bonchev–Trinajstić information content (AvgIpc) is 2.90. The van der Waals surface area contributed by atoms with Gasteiger partial charge in [0.2, 0.25) is 23.6 Å². The molecule has 0 aromatic heterocycles. The number of nitrogens with zero attached hydrogens (tertiary/aromatic N) is 1. The summed E-state index contributed by atoms with van der Waals surface area (Å²) in [6, 6.07) is -2.40. The van der Waals surface area contributed by atoms with E-state index in [-0.39, 0.29) is 49.7 Å². The number of aliphatic hydroxyl groups excluding tert-OH is 1. The molecular weight excluding hydrogens is 556 g/mol. The Hall–Kier alpha value is -2.25. The first kappa shape index (κ1) is 32.3. The highest BCUT2D eigenvalue weighted by Gasteiger charge is 2.32. The number of amides is 4. The van der Waals surface area contributed by atoms with E-state index in [9.17, 15) is 29.1 Å². The SMILES string of the molecule is CC(C)[C@H]1C[C@@H](O)CC(=O)O[C@@H]2/C=C/CSSC[C@@H](NC(=O)[C@H](CCC(=O)N3CCCCC3)NC(=O)C2)C(=O)N1. The van der Waals surface area contributed by atoms with Crippen molar-refractivity contribution in [3.05, 3.63) is 12.2 Å². The van der Waals surface area contributed by atoms with Gasteiger partial charge in [-0.15, -0.1) is 0 Å². The number of rotatable bonds is 4. The molecule has 40 heavy (non-hydrogen) atoms. The second-order valence-electron chi connectivity index (χ2n) is 10.8. The average molecular weight is 599 g/mol. The zero-order valence-electron chi connectivity index (χ0n) is 23.3. The normalized spacial score (nSPS) is 30.6. The summed E-state index contributed by atoms with van der Waals surface area (Å²) in [5.41, 5.74) is 0. The molecule has 13 heteroatoms. The maximum absolute atomic E-state index is 13.5. The van der Waals surface area contributed by atoms with Crippen LogP contribution in [0, 0.1) is 5.92 Å². The van der Waals surface area contributed by atoms with Crippen molar-refractivity contribution in [3.8, 4) is 0 Å². The Morgan fingerprint density at radius 1 is 1.05 bits per heavy atom. The van der Waals surface area contributed by atoms with Gasteiger partial charge >= 0.3 is 5.97 Å². The van der Waals surface area contributed by atoms with Crippen molar-refractivity contribution < 1.29 is 33.8 Å². The standard InChI is InChI=1S/C27H42N4O7S2/c1-17(2)21-13-18(32)14-25(35)38-19-7-6-12-39-40-16-22(27(37)29-21)30-26(36)20(28-23(33)15-19)8-9-24(34)31-10-4-3-5-11-31/h6-7,17-22,32H,3-5,8-16H2,1-2H3,(H,28,33)(H,29,37)(H,30,36)/b7-6+/t18-,19-,20+,21-,22-/m1/s1. The first-order chi connectivity index (χ1) is 19.1. The zero-order chi connectivity index (χ0) is 29.1. The van der Waals surface area contributed by atoms with E-state index in [2.05, 4.69) is 16.0 Å². The number of fused-ring (bicyclic) bond motifs is 16. The lowest BCUT2D eigenvalue weighted by Crippen LogP contribution is -2.57. The molecule has 0 aromatic rings. The molecule has 2 fully saturated rings. The highest BCUT2D eigenvalue weighted by Crippen LogP contribution is 2.24. The zero-order valence-corrected chi connectivity index (χ0v) is 24.9. The van der Waals surface area contributed by atoms with Crippen molar-refractivity contribution in [2.24, 2.45) is 5.92 Å². The van der Waals surface area contributed by atoms with Crippen molar-refractivity contribution in [2.75, 3.05) is 24.6 Å². The third kappa shape index (κ3) is 10.6. The first-order valence-corrected chi connectivity index (χ1v) is 16.6. The van der Waals surface area contributed by atoms with Gasteiger partial charge in [-0.3, -0.25) is 24.0 Å². The van der Waals surface area contributed by atoms with Gasteiger partial charge in [-0.1, -0.05) is 41.5 Å². The number of piperidine rings is 1. The molecule has 4 amide bonds. The van der Waals surface area contributed by atoms with Crippen LogP contribution in [0.15, 0.2) is 12.2 Å². The fourth-order valence-electron chi connectivity index (χ4n) is 4.86. The summed E-state index contributed by atoms with van der Waals surface area (Å²) in [6.45, 7) is 5.17. The highest BCUT2D eigenvalue weighted by molar-refractivity contribution is 8.76. The van der Waals surface area contributed by atoms with E-state index in [1.165, 1.54) is 21.6 Å². The summed E-state index contributed by atoms with van der Waals surface area (Å²) in [5, 5.41) is 19.0. The summed E-state index contributed by atoms with van der Waals surface area (Å²) in [7, 11) is 2.88. The predicted molar refractivity (Wildman–Crippen MR) is 154 cm³/mol. The van der Waals surface area contributed by atoms with Crippen LogP contribution >= 0.6 is 21.6 Å². The summed E-state index contributed by atoms with van der Waals surface area (Å²) >= 11 is 0. The largest absolute Gasteiger partial charge is 0.457 e. The molecule has 4 aliphatic heterocycles. The molecule has 4 N–H and O–H groups in total. The molecule has 0 aliphatic carbocycles. The molecule has 0 spiro atoms. The fourth-order valence-corrected chi connectivity index (χ4v) is 6.83. The lowest BCUT2D eigenvalue weighted by atomic mass is 9.96. The third-order valence-electron chi connectivity index (χ3n) is 7.20. The van der Waals surface area contributed by atoms with Crippen LogP contribution in [0.2, 0.25) is 0 Å². The monoisotopic (exact) mass is 598 g/mol. The van der Waals surface area contributed by atoms with E-state index in [4.69, 9.17) is 4.74 Å². The number of likely N-dealkylation sites (tertiary alicyclic amines) is 1. The minimum absolute atomic E-state index is 0.0470. The predicted octanol–water partition coefficient (Wildman–Crippen LogP) is 1.30. The maximum atomic E-state index is 13.5. The fraction of sp³-hybridized carbons (Fsp3) is 0.741. The topological polar surface area (TPSA) is 154 Å². The number of ether oxygens (including phenoxy) is 1. The van der Waals surface area contributed by atoms with Crippen LogP contribution in [0.5, 0.6) is 0 Å². The van der Waals surface area contributed by atoms with Gasteiger partial charge in [0.15, 0.2) is 0 Å². The Kier molecular flexibility index (Phi) is 13.1. The molecule has 0 radical (unpaired) electrons. The van der Waals surface area contributed by atoms with Crippen LogP contribution in [0.4, 0.5) is 0 Å². The molecule has 5 atom stereocenters. The van der Waals surface area contributed by atoms with Gasteiger partial charge in [0, 0.05) is 37.1 Å². The number of carbonyl (C=O) groups is 5. The van der Waals surface area contributed by atoms with E-state index in [0.717, 1.165) is 19.3 Å². The minimum Gasteiger partial charge on any atom is -0.457 e. The van der Waals surface area contributed by atoms with Crippen LogP contribution in [0.25, 0.3) is 0 Å². The molecule has 0 saturated carbocycles. The summed E-state index contributed by atoms with van der Waals surface area (Å²) < 4.78 is 5.53. The molecular formula is C27H42N4O7S2. The van der Waals surface area contributed by atoms with E-state index in [1.807, 2.05) is 13.8 Å². The Bertz CT molecular complexity index is 942. The van der Waals surface area contributed by atoms with Gasteiger partial charge in [-0.2, -0.15) is 0 Å². The first-order valence-electron chi connectivity index (χ1n) is 14.1. The number of hydrogen-bond donors (Lipinski definition) is 4. The van der Waals surface area contributed by atoms with Crippen LogP contribution < -0.4 is 16.0 Å². The Balaban J connectivity index is 1.87. The van der Waals surface area contributed by atoms with Gasteiger partial charge in [0.05, 0.1) is 18.9 Å². The van der Waals surface area contributed by atoms with Gasteiger partial charge in [-0.25, -0.2) is 0 Å². The van der Waals surface area contributed by atoms with E-state index < -0.39 is 54.0 Å². The quantitative estimate of drug-likeness (QED) is 0.213. The molecule has 224 valence electrons. The smallest absolute Gasteiger partial charge is 0.309 e. The van der Waals surface area contributed by atoms with Crippen LogP contribution in [-0.2, 0) is 28.7 Å². The maximum Gasteiger partial charge on any atom is 0.309 e. The van der Waals surface area contributed by atoms with Crippen molar-refractivity contribution in [2.45, 2.75) is 95.5 Å². The van der Waals surface area contributed by atoms with Gasteiger partial charge in [0.1, 0.15) is 18.2 Å². The van der Waals surface area contributed by atoms with Crippen molar-refractivity contribution in [1.29, 1.82) is 0 Å². The lowest BCUT2D eigenvalue weighted by Gasteiger charge is -2.29. The van der Waals surface area contributed by atoms with Crippen LogP contribution in [0.3, 0.4) is 0 Å². The summed E-state index contributed by atoms with van der Waals surface area (Å²) in [5.74, 6) is -1.48. The molecule has 2 saturated heterocycles. The van der Waals surface area contributed by atoms with Gasteiger partial charge in [0.25, 0.3) is 0 Å². The van der Waals surface area contributed by atoms with Crippen LogP contribution in [0.1, 0.15) is 65.2 Å². The van der Waals surface area contributed by atoms with Gasteiger partial charge in [-0.05, 0) is 44.1 Å². The molecule has 4 heterocycles. The number of carbonyl (C=O) groups excluding carboxylic acids is 5. The molecule has 4 rings (SSSR count). The second kappa shape index (κ2) is 16.3. The molecule has 2 bridgehead atoms. The summed E-state index contributed by atoms with van der Waals surface area (Å²) in [4.78, 5) is 67.1. The van der Waals surface area contributed by atoms with E-state index >= 15 is 0 Å². The van der Waals surface area contributed by atoms with Crippen LogP contribution in [-0.4, -0.2) is 94.5 Å². The molecule has 11 nitrogen and oxygen atoms in total. The molecule has 0 aromatic carbocycles. The van der Waals surface area contributed by atoms with E-state index in [1.54, 1.807) is 17.1 Å². The Morgan fingerprint density at radius 2 is 1.80 bits per heavy atom. The van der Waals surface area contributed by atoms with Crippen molar-refractivity contribution >= 4 is 51.2 Å². The number of nitrogens with one attached hydrogen (secondary N) is 3. The van der Waals surface area contributed by atoms with Gasteiger partial charge < -0.3 is 30.7 Å². The van der Waals surface area contributed by atoms with Crippen molar-refractivity contribution in [1.82, 2.24) is 20.9 Å². The highest BCUT2D eigenvalue weighted by atomic mass is 33.1. The van der Waals surface area contributed by atoms with Crippen molar-refractivity contribution in [3.63, 3.8) is 0 Å². The van der Waals surface area contributed by atoms with E-state index in [0.29, 0.717) is 18.8 Å². The third-order valence-corrected chi connectivity index (χ3v) is 9.48. The number of esters is 1. The second-order valence-corrected chi connectivity index (χ2v) is 13.4. The number of hydrogen-bond acceptors (Lipinski definition) is 9. The lowest BCUT2D eigenvalue weighted by molar-refractivity contribution is -0.150.